The first-order valence-corrected chi connectivity index (χ1v) is 8.30. The fourth-order valence-electron chi connectivity index (χ4n) is 1.93. The van der Waals surface area contributed by atoms with E-state index in [-0.39, 0.29) is 5.56 Å². The zero-order valence-electron chi connectivity index (χ0n) is 14.0. The number of ether oxygens (including phenoxy) is 1. The molecule has 0 heterocycles. The number of hydrogen-bond donors (Lipinski definition) is 2. The predicted molar refractivity (Wildman–Crippen MR) is 98.4 cm³/mol. The SMILES string of the molecule is CC(C)(C)OC(=O)Nc1ccc(NC(=O)c2ccc(Br)cc2F)cc1. The third kappa shape index (κ3) is 5.86. The van der Waals surface area contributed by atoms with Crippen LogP contribution in [-0.4, -0.2) is 17.6 Å². The first-order chi connectivity index (χ1) is 11.6. The highest BCUT2D eigenvalue weighted by molar-refractivity contribution is 9.10. The first kappa shape index (κ1) is 18.9. The summed E-state index contributed by atoms with van der Waals surface area (Å²) in [5.74, 6) is -1.17. The second-order valence-corrected chi connectivity index (χ2v) is 7.20. The Bertz CT molecular complexity index is 786. The average Bonchev–Trinajstić information content (AvgIpc) is 2.47. The highest BCUT2D eigenvalue weighted by Gasteiger charge is 2.16. The summed E-state index contributed by atoms with van der Waals surface area (Å²) in [5, 5.41) is 5.19. The van der Waals surface area contributed by atoms with Crippen LogP contribution in [0.4, 0.5) is 20.6 Å². The van der Waals surface area contributed by atoms with Crippen LogP contribution in [0.15, 0.2) is 46.9 Å². The van der Waals surface area contributed by atoms with E-state index in [0.717, 1.165) is 0 Å². The number of rotatable bonds is 3. The normalized spacial score (nSPS) is 10.9. The lowest BCUT2D eigenvalue weighted by Gasteiger charge is -2.19. The molecule has 0 fully saturated rings. The van der Waals surface area contributed by atoms with Gasteiger partial charge in [-0.25, -0.2) is 9.18 Å². The van der Waals surface area contributed by atoms with E-state index in [1.54, 1.807) is 51.1 Å². The fourth-order valence-corrected chi connectivity index (χ4v) is 2.26. The fraction of sp³-hybridized carbons (Fsp3) is 0.222. The van der Waals surface area contributed by atoms with Gasteiger partial charge in [-0.3, -0.25) is 10.1 Å². The standard InChI is InChI=1S/C18H18BrFN2O3/c1-18(2,3)25-17(24)22-13-7-5-12(6-8-13)21-16(23)14-9-4-11(19)10-15(14)20/h4-10H,1-3H3,(H,21,23)(H,22,24). The van der Waals surface area contributed by atoms with Crippen molar-refractivity contribution in [3.05, 3.63) is 58.3 Å². The van der Waals surface area contributed by atoms with Crippen LogP contribution in [0.1, 0.15) is 31.1 Å². The summed E-state index contributed by atoms with van der Waals surface area (Å²) < 4.78 is 19.5. The number of amides is 2. The largest absolute Gasteiger partial charge is 0.444 e. The molecule has 0 unspecified atom stereocenters. The van der Waals surface area contributed by atoms with Crippen molar-refractivity contribution >= 4 is 39.3 Å². The minimum absolute atomic E-state index is 0.0563. The molecule has 2 aromatic rings. The second kappa shape index (κ2) is 7.65. The monoisotopic (exact) mass is 408 g/mol. The van der Waals surface area contributed by atoms with Gasteiger partial charge in [0, 0.05) is 15.8 Å². The minimum Gasteiger partial charge on any atom is -0.444 e. The Labute approximate surface area is 153 Å². The molecule has 132 valence electrons. The molecule has 0 aliphatic heterocycles. The lowest BCUT2D eigenvalue weighted by Crippen LogP contribution is -2.27. The average molecular weight is 409 g/mol. The van der Waals surface area contributed by atoms with Crippen molar-refractivity contribution in [3.63, 3.8) is 0 Å². The summed E-state index contributed by atoms with van der Waals surface area (Å²) >= 11 is 3.14. The zero-order valence-corrected chi connectivity index (χ0v) is 15.6. The molecular weight excluding hydrogens is 391 g/mol. The van der Waals surface area contributed by atoms with E-state index in [2.05, 4.69) is 26.6 Å². The van der Waals surface area contributed by atoms with Crippen LogP contribution >= 0.6 is 15.9 Å². The minimum atomic E-state index is -0.616. The topological polar surface area (TPSA) is 67.4 Å². The highest BCUT2D eigenvalue weighted by Crippen LogP contribution is 2.19. The van der Waals surface area contributed by atoms with Gasteiger partial charge >= 0.3 is 6.09 Å². The van der Waals surface area contributed by atoms with Crippen molar-refractivity contribution in [2.24, 2.45) is 0 Å². The zero-order chi connectivity index (χ0) is 18.6. The Kier molecular flexibility index (Phi) is 5.79. The molecule has 0 atom stereocenters. The van der Waals surface area contributed by atoms with E-state index in [0.29, 0.717) is 15.8 Å². The molecular formula is C18H18BrFN2O3. The van der Waals surface area contributed by atoms with Gasteiger partial charge in [0.1, 0.15) is 11.4 Å². The summed E-state index contributed by atoms with van der Waals surface area (Å²) in [6.45, 7) is 5.31. The molecule has 25 heavy (non-hydrogen) atoms. The van der Waals surface area contributed by atoms with Crippen molar-refractivity contribution < 1.29 is 18.7 Å². The van der Waals surface area contributed by atoms with Crippen LogP contribution in [0.25, 0.3) is 0 Å². The van der Waals surface area contributed by atoms with Gasteiger partial charge in [-0.15, -0.1) is 0 Å². The third-order valence-corrected chi connectivity index (χ3v) is 3.46. The number of nitrogens with one attached hydrogen (secondary N) is 2. The smallest absolute Gasteiger partial charge is 0.412 e. The summed E-state index contributed by atoms with van der Waals surface area (Å²) in [6, 6.07) is 10.6. The highest BCUT2D eigenvalue weighted by atomic mass is 79.9. The van der Waals surface area contributed by atoms with Crippen molar-refractivity contribution in [2.45, 2.75) is 26.4 Å². The molecule has 0 aliphatic carbocycles. The van der Waals surface area contributed by atoms with E-state index in [4.69, 9.17) is 4.74 Å². The quantitative estimate of drug-likeness (QED) is 0.734. The molecule has 0 radical (unpaired) electrons. The molecule has 2 N–H and O–H groups in total. The van der Waals surface area contributed by atoms with Crippen molar-refractivity contribution in [2.75, 3.05) is 10.6 Å². The molecule has 5 nitrogen and oxygen atoms in total. The van der Waals surface area contributed by atoms with Crippen LogP contribution in [0.5, 0.6) is 0 Å². The molecule has 0 saturated heterocycles. The van der Waals surface area contributed by atoms with Gasteiger partial charge in [0.2, 0.25) is 0 Å². The Morgan fingerprint density at radius 1 is 1.00 bits per heavy atom. The Hall–Kier alpha value is -2.41. The molecule has 0 aliphatic rings. The molecule has 2 amide bonds. The van der Waals surface area contributed by atoms with E-state index < -0.39 is 23.4 Å². The maximum Gasteiger partial charge on any atom is 0.412 e. The van der Waals surface area contributed by atoms with E-state index in [1.807, 2.05) is 0 Å². The van der Waals surface area contributed by atoms with E-state index >= 15 is 0 Å². The summed E-state index contributed by atoms with van der Waals surface area (Å²) in [7, 11) is 0. The van der Waals surface area contributed by atoms with Crippen LogP contribution in [0, 0.1) is 5.82 Å². The molecule has 0 saturated carbocycles. The van der Waals surface area contributed by atoms with Gasteiger partial charge in [-0.2, -0.15) is 0 Å². The lowest BCUT2D eigenvalue weighted by molar-refractivity contribution is 0.0635. The van der Waals surface area contributed by atoms with Gasteiger partial charge in [0.05, 0.1) is 5.56 Å². The Balaban J connectivity index is 2.00. The Morgan fingerprint density at radius 3 is 2.08 bits per heavy atom. The van der Waals surface area contributed by atoms with E-state index in [1.165, 1.54) is 12.1 Å². The van der Waals surface area contributed by atoms with Crippen LogP contribution in [-0.2, 0) is 4.74 Å². The van der Waals surface area contributed by atoms with Crippen molar-refractivity contribution in [1.29, 1.82) is 0 Å². The third-order valence-electron chi connectivity index (χ3n) is 2.96. The number of hydrogen-bond acceptors (Lipinski definition) is 3. The summed E-state index contributed by atoms with van der Waals surface area (Å²) in [4.78, 5) is 23.8. The summed E-state index contributed by atoms with van der Waals surface area (Å²) in [6.07, 6.45) is -0.568. The number of halogens is 2. The van der Waals surface area contributed by atoms with Gasteiger partial charge < -0.3 is 10.1 Å². The Morgan fingerprint density at radius 2 is 1.56 bits per heavy atom. The molecule has 2 aromatic carbocycles. The maximum atomic E-state index is 13.8. The number of carbonyl (C=O) groups excluding carboxylic acids is 2. The van der Waals surface area contributed by atoms with Gasteiger partial charge in [0.25, 0.3) is 5.91 Å². The van der Waals surface area contributed by atoms with Crippen LogP contribution in [0.3, 0.4) is 0 Å². The maximum absolute atomic E-state index is 13.8. The van der Waals surface area contributed by atoms with Gasteiger partial charge in [0.15, 0.2) is 0 Å². The molecule has 2 rings (SSSR count). The molecule has 0 spiro atoms. The van der Waals surface area contributed by atoms with Crippen molar-refractivity contribution in [1.82, 2.24) is 0 Å². The van der Waals surface area contributed by atoms with E-state index in [9.17, 15) is 14.0 Å². The number of anilines is 2. The lowest BCUT2D eigenvalue weighted by atomic mass is 10.2. The first-order valence-electron chi connectivity index (χ1n) is 7.50. The van der Waals surface area contributed by atoms with Gasteiger partial charge in [-0.05, 0) is 63.2 Å². The predicted octanol–water partition coefficient (Wildman–Crippen LogP) is 5.19. The molecule has 7 heteroatoms. The number of benzene rings is 2. The number of carbonyl (C=O) groups is 2. The van der Waals surface area contributed by atoms with Gasteiger partial charge in [-0.1, -0.05) is 15.9 Å². The van der Waals surface area contributed by atoms with Crippen molar-refractivity contribution in [3.8, 4) is 0 Å². The van der Waals surface area contributed by atoms with Crippen LogP contribution < -0.4 is 10.6 Å². The summed E-state index contributed by atoms with van der Waals surface area (Å²) in [5.41, 5.74) is 0.343. The molecule has 0 bridgehead atoms. The molecule has 0 aromatic heterocycles. The second-order valence-electron chi connectivity index (χ2n) is 6.28. The van der Waals surface area contributed by atoms with Crippen LogP contribution in [0.2, 0.25) is 0 Å².